The SMILES string of the molecule is O=C(NS(=O)(=O)n1ccc(OCC2CC2)c1C(=O)OCc1ccccc1)OCc1ccccc1. The van der Waals surface area contributed by atoms with E-state index in [1.165, 1.54) is 6.07 Å². The molecule has 1 aliphatic rings. The second-order valence-electron chi connectivity index (χ2n) is 7.81. The Hall–Kier alpha value is -3.79. The summed E-state index contributed by atoms with van der Waals surface area (Å²) in [7, 11) is -4.51. The molecule has 0 atom stereocenters. The summed E-state index contributed by atoms with van der Waals surface area (Å²) in [6, 6.07) is 19.1. The fraction of sp³-hybridized carbons (Fsp3) is 0.250. The van der Waals surface area contributed by atoms with Crippen LogP contribution in [0, 0.1) is 5.92 Å². The lowest BCUT2D eigenvalue weighted by molar-refractivity contribution is 0.0459. The number of ether oxygens (including phenoxy) is 3. The number of benzene rings is 2. The molecule has 4 rings (SSSR count). The minimum atomic E-state index is -4.51. The highest BCUT2D eigenvalue weighted by Gasteiger charge is 2.30. The van der Waals surface area contributed by atoms with Crippen molar-refractivity contribution >= 4 is 22.3 Å². The molecule has 1 aliphatic carbocycles. The van der Waals surface area contributed by atoms with Gasteiger partial charge in [-0.05, 0) is 29.9 Å². The minimum Gasteiger partial charge on any atom is -0.491 e. The molecule has 2 aromatic carbocycles. The molecule has 34 heavy (non-hydrogen) atoms. The molecular formula is C24H24N2O7S. The maximum Gasteiger partial charge on any atom is 0.422 e. The zero-order chi connectivity index (χ0) is 24.0. The zero-order valence-electron chi connectivity index (χ0n) is 18.3. The quantitative estimate of drug-likeness (QED) is 0.437. The van der Waals surface area contributed by atoms with E-state index in [0.717, 1.165) is 24.6 Å². The molecule has 0 unspecified atom stereocenters. The van der Waals surface area contributed by atoms with Gasteiger partial charge in [-0.1, -0.05) is 60.7 Å². The average Bonchev–Trinajstić information content (AvgIpc) is 3.57. The largest absolute Gasteiger partial charge is 0.491 e. The molecule has 1 saturated carbocycles. The summed E-state index contributed by atoms with van der Waals surface area (Å²) in [6.45, 7) is 0.185. The van der Waals surface area contributed by atoms with E-state index in [2.05, 4.69) is 0 Å². The maximum absolute atomic E-state index is 12.9. The molecule has 0 spiro atoms. The van der Waals surface area contributed by atoms with E-state index in [-0.39, 0.29) is 24.7 Å². The highest BCUT2D eigenvalue weighted by atomic mass is 32.2. The molecule has 0 aliphatic heterocycles. The molecule has 3 aromatic rings. The lowest BCUT2D eigenvalue weighted by atomic mass is 10.2. The van der Waals surface area contributed by atoms with Gasteiger partial charge in [0.15, 0.2) is 11.4 Å². The molecule has 10 heteroatoms. The Kier molecular flexibility index (Phi) is 7.17. The van der Waals surface area contributed by atoms with E-state index in [4.69, 9.17) is 14.2 Å². The van der Waals surface area contributed by atoms with Gasteiger partial charge in [0.05, 0.1) is 6.61 Å². The van der Waals surface area contributed by atoms with Crippen LogP contribution in [0.1, 0.15) is 34.5 Å². The predicted molar refractivity (Wildman–Crippen MR) is 122 cm³/mol. The van der Waals surface area contributed by atoms with E-state index >= 15 is 0 Å². The van der Waals surface area contributed by atoms with E-state index < -0.39 is 22.3 Å². The third-order valence-electron chi connectivity index (χ3n) is 5.08. The second-order valence-corrected chi connectivity index (χ2v) is 9.36. The van der Waals surface area contributed by atoms with E-state index in [0.29, 0.717) is 22.1 Å². The summed E-state index contributed by atoms with van der Waals surface area (Å²) in [5.41, 5.74) is 1.09. The second kappa shape index (κ2) is 10.4. The Labute approximate surface area is 197 Å². The Morgan fingerprint density at radius 3 is 2.06 bits per heavy atom. The number of nitrogens with zero attached hydrogens (tertiary/aromatic N) is 1. The van der Waals surface area contributed by atoms with Gasteiger partial charge in [0.1, 0.15) is 13.2 Å². The first kappa shape index (κ1) is 23.4. The smallest absolute Gasteiger partial charge is 0.422 e. The standard InChI is InChI=1S/C24H24N2O7S/c27-23(32-16-18-7-3-1-4-8-18)22-21(31-15-20-11-12-20)13-14-26(22)34(29,30)25-24(28)33-17-19-9-5-2-6-10-19/h1-10,13-14,20H,11-12,15-17H2,(H,25,28). The Bertz CT molecular complexity index is 1240. The molecule has 178 valence electrons. The van der Waals surface area contributed by atoms with Gasteiger partial charge in [-0.2, -0.15) is 8.42 Å². The molecule has 1 fully saturated rings. The van der Waals surface area contributed by atoms with Crippen LogP contribution in [0.3, 0.4) is 0 Å². The van der Waals surface area contributed by atoms with Gasteiger partial charge >= 0.3 is 22.3 Å². The summed E-state index contributed by atoms with van der Waals surface area (Å²) in [4.78, 5) is 25.0. The molecule has 1 N–H and O–H groups in total. The Morgan fingerprint density at radius 1 is 0.882 bits per heavy atom. The molecule has 0 saturated heterocycles. The van der Waals surface area contributed by atoms with Crippen molar-refractivity contribution in [2.24, 2.45) is 5.92 Å². The highest BCUT2D eigenvalue weighted by molar-refractivity contribution is 7.88. The van der Waals surface area contributed by atoms with Crippen molar-refractivity contribution in [3.05, 3.63) is 89.7 Å². The Morgan fingerprint density at radius 2 is 1.47 bits per heavy atom. The number of esters is 1. The van der Waals surface area contributed by atoms with Crippen LogP contribution in [-0.2, 0) is 32.9 Å². The normalized spacial score (nSPS) is 13.2. The summed E-state index contributed by atoms with van der Waals surface area (Å²) >= 11 is 0. The summed E-state index contributed by atoms with van der Waals surface area (Å²) in [5.74, 6) is -0.463. The first-order valence-electron chi connectivity index (χ1n) is 10.7. The topological polar surface area (TPSA) is 113 Å². The number of hydrogen-bond donors (Lipinski definition) is 1. The van der Waals surface area contributed by atoms with Crippen LogP contribution < -0.4 is 9.46 Å². The van der Waals surface area contributed by atoms with Crippen molar-refractivity contribution in [2.45, 2.75) is 26.1 Å². The fourth-order valence-corrected chi connectivity index (χ4v) is 4.09. The first-order chi connectivity index (χ1) is 16.4. The van der Waals surface area contributed by atoms with Gasteiger partial charge in [-0.3, -0.25) is 0 Å². The summed E-state index contributed by atoms with van der Waals surface area (Å²) in [6.07, 6.45) is 1.98. The van der Waals surface area contributed by atoms with Crippen LogP contribution in [0.15, 0.2) is 72.9 Å². The van der Waals surface area contributed by atoms with Crippen LogP contribution in [-0.4, -0.2) is 31.1 Å². The van der Waals surface area contributed by atoms with Crippen molar-refractivity contribution in [1.29, 1.82) is 0 Å². The number of amides is 1. The Balaban J connectivity index is 1.49. The fourth-order valence-electron chi connectivity index (χ4n) is 3.10. The lowest BCUT2D eigenvalue weighted by Crippen LogP contribution is -2.36. The van der Waals surface area contributed by atoms with Crippen LogP contribution >= 0.6 is 0 Å². The van der Waals surface area contributed by atoms with E-state index in [9.17, 15) is 18.0 Å². The number of rotatable bonds is 10. The van der Waals surface area contributed by atoms with Crippen molar-refractivity contribution in [3.8, 4) is 5.75 Å². The first-order valence-corrected chi connectivity index (χ1v) is 12.2. The number of hydrogen-bond acceptors (Lipinski definition) is 7. The summed E-state index contributed by atoms with van der Waals surface area (Å²) in [5, 5.41) is 0. The number of carbonyl (C=O) groups is 2. The van der Waals surface area contributed by atoms with Crippen molar-refractivity contribution in [1.82, 2.24) is 8.69 Å². The van der Waals surface area contributed by atoms with E-state index in [1.54, 1.807) is 54.6 Å². The molecule has 1 aromatic heterocycles. The average molecular weight is 485 g/mol. The molecule has 9 nitrogen and oxygen atoms in total. The van der Waals surface area contributed by atoms with Crippen LogP contribution in [0.2, 0.25) is 0 Å². The van der Waals surface area contributed by atoms with Crippen LogP contribution in [0.4, 0.5) is 4.79 Å². The maximum atomic E-state index is 12.9. The third-order valence-corrected chi connectivity index (χ3v) is 6.32. The molecule has 1 amide bonds. The monoisotopic (exact) mass is 484 g/mol. The van der Waals surface area contributed by atoms with Gasteiger partial charge in [0.2, 0.25) is 0 Å². The van der Waals surface area contributed by atoms with Gasteiger partial charge in [-0.25, -0.2) is 18.3 Å². The zero-order valence-corrected chi connectivity index (χ0v) is 19.1. The predicted octanol–water partition coefficient (Wildman–Crippen LogP) is 3.65. The van der Waals surface area contributed by atoms with Crippen molar-refractivity contribution in [2.75, 3.05) is 6.61 Å². The number of carbonyl (C=O) groups excluding carboxylic acids is 2. The van der Waals surface area contributed by atoms with E-state index in [1.807, 2.05) is 10.8 Å². The van der Waals surface area contributed by atoms with Crippen LogP contribution in [0.5, 0.6) is 5.75 Å². The van der Waals surface area contributed by atoms with Crippen LogP contribution in [0.25, 0.3) is 0 Å². The van der Waals surface area contributed by atoms with Crippen molar-refractivity contribution in [3.63, 3.8) is 0 Å². The molecule has 0 bridgehead atoms. The van der Waals surface area contributed by atoms with Gasteiger partial charge in [0, 0.05) is 12.3 Å². The van der Waals surface area contributed by atoms with Gasteiger partial charge < -0.3 is 14.2 Å². The molecule has 0 radical (unpaired) electrons. The lowest BCUT2D eigenvalue weighted by Gasteiger charge is -2.13. The minimum absolute atomic E-state index is 0.0560. The molecular weight excluding hydrogens is 460 g/mol. The third kappa shape index (κ3) is 6.16. The van der Waals surface area contributed by atoms with Gasteiger partial charge in [0.25, 0.3) is 0 Å². The number of nitrogens with one attached hydrogen (secondary N) is 1. The molecule has 1 heterocycles. The number of aromatic nitrogens is 1. The summed E-state index contributed by atoms with van der Waals surface area (Å²) < 4.78 is 44.3. The highest BCUT2D eigenvalue weighted by Crippen LogP contribution is 2.31. The van der Waals surface area contributed by atoms with Crippen molar-refractivity contribution < 1.29 is 32.2 Å². The van der Waals surface area contributed by atoms with Gasteiger partial charge in [-0.15, -0.1) is 0 Å².